The summed E-state index contributed by atoms with van der Waals surface area (Å²) in [6.07, 6.45) is 5.12. The van der Waals surface area contributed by atoms with E-state index in [2.05, 4.69) is 54.7 Å². The second-order valence-corrected chi connectivity index (χ2v) is 11.7. The van der Waals surface area contributed by atoms with Gasteiger partial charge >= 0.3 is 13.2 Å². The summed E-state index contributed by atoms with van der Waals surface area (Å²) in [5.74, 6) is -0.240. The van der Waals surface area contributed by atoms with Gasteiger partial charge in [0.15, 0.2) is 0 Å². The lowest BCUT2D eigenvalue weighted by atomic mass is 9.76. The van der Waals surface area contributed by atoms with Gasteiger partial charge in [0.2, 0.25) is 0 Å². The van der Waals surface area contributed by atoms with Gasteiger partial charge in [0, 0.05) is 29.1 Å². The largest absolute Gasteiger partial charge is 0.490 e. The van der Waals surface area contributed by atoms with E-state index in [1.54, 1.807) is 23.2 Å². The number of nitrogens with zero attached hydrogens (tertiary/aromatic N) is 2. The third-order valence-electron chi connectivity index (χ3n) is 6.33. The Hall–Kier alpha value is -1.97. The number of rotatable bonds is 1. The van der Waals surface area contributed by atoms with Gasteiger partial charge in [0.25, 0.3) is 0 Å². The van der Waals surface area contributed by atoms with Crippen LogP contribution in [0.15, 0.2) is 46.5 Å². The van der Waals surface area contributed by atoms with Crippen LogP contribution in [-0.2, 0) is 14.0 Å². The molecule has 1 fully saturated rings. The van der Waals surface area contributed by atoms with Gasteiger partial charge in [-0.05, 0) is 91.0 Å². The van der Waals surface area contributed by atoms with Crippen molar-refractivity contribution >= 4 is 40.0 Å². The second-order valence-electron chi connectivity index (χ2n) is 10.8. The molecule has 1 saturated heterocycles. The molecule has 0 spiro atoms. The van der Waals surface area contributed by atoms with E-state index in [4.69, 9.17) is 14.0 Å². The SMILES string of the molecule is CC(C)(C)OC(=O)N1CCC=C(B2OC(C)(C)C(C)(C)O2)CC1.Fc1ccc2nccc(Br)c2c1. The molecule has 0 N–H and O–H groups in total. The van der Waals surface area contributed by atoms with Crippen LogP contribution in [0.25, 0.3) is 10.9 Å². The number of halogens is 2. The second kappa shape index (κ2) is 10.6. The molecule has 9 heteroatoms. The lowest BCUT2D eigenvalue weighted by Gasteiger charge is -2.32. The van der Waals surface area contributed by atoms with E-state index >= 15 is 0 Å². The van der Waals surface area contributed by atoms with Crippen molar-refractivity contribution < 1.29 is 23.2 Å². The summed E-state index contributed by atoms with van der Waals surface area (Å²) < 4.78 is 31.3. The van der Waals surface area contributed by atoms with Gasteiger partial charge in [-0.3, -0.25) is 4.98 Å². The highest BCUT2D eigenvalue weighted by atomic mass is 79.9. The van der Waals surface area contributed by atoms with E-state index < -0.39 is 5.60 Å². The van der Waals surface area contributed by atoms with Crippen molar-refractivity contribution in [1.29, 1.82) is 0 Å². The van der Waals surface area contributed by atoms with Crippen LogP contribution < -0.4 is 0 Å². The molecule has 1 amide bonds. The van der Waals surface area contributed by atoms with E-state index in [1.807, 2.05) is 20.8 Å². The van der Waals surface area contributed by atoms with Crippen LogP contribution in [0.1, 0.15) is 61.3 Å². The van der Waals surface area contributed by atoms with Crippen molar-refractivity contribution in [3.8, 4) is 0 Å². The summed E-state index contributed by atoms with van der Waals surface area (Å²) in [6.45, 7) is 15.2. The Morgan fingerprint density at radius 2 is 1.80 bits per heavy atom. The number of hydrogen-bond acceptors (Lipinski definition) is 5. The molecule has 3 heterocycles. The average molecular weight is 549 g/mol. The van der Waals surface area contributed by atoms with E-state index in [0.717, 1.165) is 33.7 Å². The van der Waals surface area contributed by atoms with Crippen molar-refractivity contribution in [3.63, 3.8) is 0 Å². The molecule has 0 atom stereocenters. The van der Waals surface area contributed by atoms with E-state index in [0.29, 0.717) is 13.1 Å². The molecule has 2 aromatic rings. The van der Waals surface area contributed by atoms with Gasteiger partial charge < -0.3 is 18.9 Å². The molecule has 6 nitrogen and oxygen atoms in total. The number of carbonyl (C=O) groups is 1. The topological polar surface area (TPSA) is 60.9 Å². The Balaban J connectivity index is 0.000000237. The Morgan fingerprint density at radius 3 is 2.43 bits per heavy atom. The minimum absolute atomic E-state index is 0.240. The fourth-order valence-corrected chi connectivity index (χ4v) is 4.12. The van der Waals surface area contributed by atoms with Crippen LogP contribution in [0, 0.1) is 5.82 Å². The first-order valence-corrected chi connectivity index (χ1v) is 12.7. The number of carbonyl (C=O) groups excluding carboxylic acids is 1. The summed E-state index contributed by atoms with van der Waals surface area (Å²) in [7, 11) is -0.321. The third kappa shape index (κ3) is 7.05. The summed E-state index contributed by atoms with van der Waals surface area (Å²) in [6, 6.07) is 6.32. The molecule has 2 aliphatic rings. The predicted molar refractivity (Wildman–Crippen MR) is 141 cm³/mol. The van der Waals surface area contributed by atoms with Crippen molar-refractivity contribution in [2.24, 2.45) is 0 Å². The lowest BCUT2D eigenvalue weighted by molar-refractivity contribution is 0.00578. The first-order chi connectivity index (χ1) is 16.2. The molecule has 1 aromatic heterocycles. The van der Waals surface area contributed by atoms with E-state index in [9.17, 15) is 9.18 Å². The summed E-state index contributed by atoms with van der Waals surface area (Å²) >= 11 is 3.32. The third-order valence-corrected chi connectivity index (χ3v) is 7.03. The predicted octanol–water partition coefficient (Wildman–Crippen LogP) is 6.71. The molecule has 190 valence electrons. The number of hydrogen-bond donors (Lipinski definition) is 0. The lowest BCUT2D eigenvalue weighted by Crippen LogP contribution is -2.41. The molecule has 0 aliphatic carbocycles. The van der Waals surface area contributed by atoms with Crippen LogP contribution in [0.4, 0.5) is 9.18 Å². The Morgan fingerprint density at radius 1 is 1.14 bits per heavy atom. The van der Waals surface area contributed by atoms with Crippen LogP contribution in [0.3, 0.4) is 0 Å². The zero-order valence-corrected chi connectivity index (χ0v) is 23.2. The number of amides is 1. The van der Waals surface area contributed by atoms with Crippen molar-refractivity contribution in [2.45, 2.75) is 78.1 Å². The van der Waals surface area contributed by atoms with Gasteiger partial charge in [-0.2, -0.15) is 0 Å². The zero-order valence-electron chi connectivity index (χ0n) is 21.7. The molecule has 2 aliphatic heterocycles. The monoisotopic (exact) mass is 548 g/mol. The molecule has 0 radical (unpaired) electrons. The van der Waals surface area contributed by atoms with Crippen LogP contribution in [0.2, 0.25) is 0 Å². The normalized spacial score (nSPS) is 19.5. The smallest absolute Gasteiger partial charge is 0.444 e. The number of fused-ring (bicyclic) bond motifs is 1. The molecule has 4 rings (SSSR count). The summed E-state index contributed by atoms with van der Waals surface area (Å²) in [5, 5.41) is 0.803. The maximum atomic E-state index is 12.8. The minimum Gasteiger partial charge on any atom is -0.444 e. The molecular formula is C26H35BBrFN2O4. The van der Waals surface area contributed by atoms with Crippen molar-refractivity contribution in [2.75, 3.05) is 13.1 Å². The highest BCUT2D eigenvalue weighted by Crippen LogP contribution is 2.39. The van der Waals surface area contributed by atoms with Crippen molar-refractivity contribution in [1.82, 2.24) is 9.88 Å². The first-order valence-electron chi connectivity index (χ1n) is 11.9. The van der Waals surface area contributed by atoms with Crippen molar-refractivity contribution in [3.05, 3.63) is 52.3 Å². The van der Waals surface area contributed by atoms with Gasteiger partial charge in [0.1, 0.15) is 11.4 Å². The molecule has 1 aromatic carbocycles. The Labute approximate surface area is 216 Å². The highest BCUT2D eigenvalue weighted by molar-refractivity contribution is 9.10. The molecule has 0 bridgehead atoms. The van der Waals surface area contributed by atoms with E-state index in [-0.39, 0.29) is 30.2 Å². The maximum absolute atomic E-state index is 12.8. The molecule has 0 saturated carbocycles. The number of aromatic nitrogens is 1. The number of ether oxygens (including phenoxy) is 1. The summed E-state index contributed by atoms with van der Waals surface area (Å²) in [4.78, 5) is 18.1. The summed E-state index contributed by atoms with van der Waals surface area (Å²) in [5.41, 5.74) is 0.775. The van der Waals surface area contributed by atoms with Gasteiger partial charge in [0.05, 0.1) is 16.7 Å². The van der Waals surface area contributed by atoms with Crippen LogP contribution in [0.5, 0.6) is 0 Å². The molecular weight excluding hydrogens is 514 g/mol. The maximum Gasteiger partial charge on any atom is 0.490 e. The highest BCUT2D eigenvalue weighted by Gasteiger charge is 2.52. The standard InChI is InChI=1S/C17H30BNO4.C9H5BrFN/c1-15(2,3)21-14(20)19-11-8-9-13(10-12-19)18-22-16(4,5)17(6,7)23-18;10-8-3-4-12-9-2-1-6(11)5-7(8)9/h9H,8,10-12H2,1-7H3;1-5H. The molecule has 35 heavy (non-hydrogen) atoms. The van der Waals surface area contributed by atoms with E-state index in [1.165, 1.54) is 12.1 Å². The Bertz CT molecular complexity index is 1080. The van der Waals surface area contributed by atoms with Gasteiger partial charge in [-0.1, -0.05) is 22.0 Å². The first kappa shape index (κ1) is 27.6. The van der Waals surface area contributed by atoms with Gasteiger partial charge in [-0.25, -0.2) is 9.18 Å². The van der Waals surface area contributed by atoms with Gasteiger partial charge in [-0.15, -0.1) is 0 Å². The van der Waals surface area contributed by atoms with Crippen LogP contribution >= 0.6 is 15.9 Å². The zero-order chi connectivity index (χ0) is 26.0. The van der Waals surface area contributed by atoms with Crippen LogP contribution in [-0.4, -0.2) is 53.0 Å². The minimum atomic E-state index is -0.467. The quantitative estimate of drug-likeness (QED) is 0.370. The average Bonchev–Trinajstić information content (AvgIpc) is 2.90. The Kier molecular flexibility index (Phi) is 8.34. The number of benzene rings is 1. The number of pyridine rings is 1. The molecule has 0 unspecified atom stereocenters. The fraction of sp³-hybridized carbons (Fsp3) is 0.538. The fourth-order valence-electron chi connectivity index (χ4n) is 3.69.